The minimum atomic E-state index is -0.447. The van der Waals surface area contributed by atoms with E-state index in [1.54, 1.807) is 24.3 Å². The Morgan fingerprint density at radius 1 is 1.22 bits per heavy atom. The Morgan fingerprint density at radius 2 is 2.04 bits per heavy atom. The number of carbonyl (C=O) groups excluding carboxylic acids is 2. The summed E-state index contributed by atoms with van der Waals surface area (Å²) in [5.74, 6) is 1.07. The predicted octanol–water partition coefficient (Wildman–Crippen LogP) is 2.89. The SMILES string of the molecule is CSc1ccccc1C(=O)NC[C@@H]1CN(c2ccc3c(c2)OCO3)C(=O)O1. The molecule has 0 saturated carbocycles. The summed E-state index contributed by atoms with van der Waals surface area (Å²) in [6.45, 7) is 0.771. The van der Waals surface area contributed by atoms with Crippen molar-refractivity contribution in [1.82, 2.24) is 5.32 Å². The maximum absolute atomic E-state index is 12.4. The predicted molar refractivity (Wildman–Crippen MR) is 101 cm³/mol. The van der Waals surface area contributed by atoms with Crippen molar-refractivity contribution in [3.63, 3.8) is 0 Å². The van der Waals surface area contributed by atoms with Crippen LogP contribution in [0.4, 0.5) is 10.5 Å². The van der Waals surface area contributed by atoms with Crippen LogP contribution in [-0.4, -0.2) is 44.2 Å². The van der Waals surface area contributed by atoms with Crippen LogP contribution in [0.5, 0.6) is 11.5 Å². The number of benzene rings is 2. The minimum absolute atomic E-state index is 0.176. The molecule has 1 atom stereocenters. The molecule has 4 rings (SSSR count). The zero-order valence-electron chi connectivity index (χ0n) is 14.6. The van der Waals surface area contributed by atoms with Crippen molar-refractivity contribution in [1.29, 1.82) is 0 Å². The van der Waals surface area contributed by atoms with Crippen LogP contribution in [0.2, 0.25) is 0 Å². The highest BCUT2D eigenvalue weighted by Crippen LogP contribution is 2.36. The van der Waals surface area contributed by atoms with E-state index >= 15 is 0 Å². The number of rotatable bonds is 5. The van der Waals surface area contributed by atoms with Gasteiger partial charge in [-0.1, -0.05) is 12.1 Å². The number of ether oxygens (including phenoxy) is 3. The van der Waals surface area contributed by atoms with Gasteiger partial charge in [-0.3, -0.25) is 9.69 Å². The molecular weight excluding hydrogens is 368 g/mol. The number of anilines is 1. The molecule has 8 heteroatoms. The monoisotopic (exact) mass is 386 g/mol. The van der Waals surface area contributed by atoms with Crippen molar-refractivity contribution >= 4 is 29.4 Å². The molecule has 2 heterocycles. The van der Waals surface area contributed by atoms with Gasteiger partial charge >= 0.3 is 6.09 Å². The molecule has 0 radical (unpaired) electrons. The second kappa shape index (κ2) is 7.40. The van der Waals surface area contributed by atoms with Gasteiger partial charge in [0.1, 0.15) is 6.10 Å². The van der Waals surface area contributed by atoms with Gasteiger partial charge in [-0.25, -0.2) is 4.79 Å². The van der Waals surface area contributed by atoms with Gasteiger partial charge in [0.15, 0.2) is 11.5 Å². The average molecular weight is 386 g/mol. The highest BCUT2D eigenvalue weighted by Gasteiger charge is 2.33. The Balaban J connectivity index is 1.39. The maximum atomic E-state index is 12.4. The summed E-state index contributed by atoms with van der Waals surface area (Å²) in [6, 6.07) is 12.7. The molecule has 2 aromatic rings. The van der Waals surface area contributed by atoms with E-state index in [0.717, 1.165) is 4.90 Å². The molecule has 7 nitrogen and oxygen atoms in total. The third kappa shape index (κ3) is 3.52. The molecule has 0 unspecified atom stereocenters. The number of nitrogens with one attached hydrogen (secondary N) is 1. The fourth-order valence-electron chi connectivity index (χ4n) is 3.03. The van der Waals surface area contributed by atoms with E-state index < -0.39 is 12.2 Å². The third-order valence-corrected chi connectivity index (χ3v) is 5.18. The van der Waals surface area contributed by atoms with E-state index in [9.17, 15) is 9.59 Å². The van der Waals surface area contributed by atoms with Gasteiger partial charge in [-0.05, 0) is 30.5 Å². The summed E-state index contributed by atoms with van der Waals surface area (Å²) in [4.78, 5) is 27.1. The minimum Gasteiger partial charge on any atom is -0.454 e. The lowest BCUT2D eigenvalue weighted by molar-refractivity contribution is 0.0913. The van der Waals surface area contributed by atoms with Gasteiger partial charge in [0.05, 0.1) is 24.3 Å². The van der Waals surface area contributed by atoms with Crippen molar-refractivity contribution in [2.45, 2.75) is 11.0 Å². The van der Waals surface area contributed by atoms with Gasteiger partial charge in [0.25, 0.3) is 5.91 Å². The van der Waals surface area contributed by atoms with Gasteiger partial charge in [-0.2, -0.15) is 0 Å². The molecule has 2 aliphatic rings. The normalized spacial score (nSPS) is 17.7. The van der Waals surface area contributed by atoms with E-state index in [1.807, 2.05) is 24.5 Å². The standard InChI is InChI=1S/C19H18N2O5S/c1-27-17-5-3-2-4-14(17)18(22)20-9-13-10-21(19(23)26-13)12-6-7-15-16(8-12)25-11-24-15/h2-8,13H,9-11H2,1H3,(H,20,22)/t13-/m1/s1. The lowest BCUT2D eigenvalue weighted by Gasteiger charge is -2.14. The molecule has 2 aromatic carbocycles. The highest BCUT2D eigenvalue weighted by atomic mass is 32.2. The first kappa shape index (κ1) is 17.5. The Labute approximate surface area is 160 Å². The number of amides is 2. The fourth-order valence-corrected chi connectivity index (χ4v) is 3.62. The number of thioether (sulfide) groups is 1. The van der Waals surface area contributed by atoms with Crippen LogP contribution < -0.4 is 19.7 Å². The Hall–Kier alpha value is -2.87. The summed E-state index contributed by atoms with van der Waals surface area (Å²) in [5.41, 5.74) is 1.28. The Kier molecular flexibility index (Phi) is 4.81. The molecule has 2 amide bonds. The number of nitrogens with zero attached hydrogens (tertiary/aromatic N) is 1. The van der Waals surface area contributed by atoms with E-state index in [1.165, 1.54) is 16.7 Å². The number of fused-ring (bicyclic) bond motifs is 1. The molecule has 0 aliphatic carbocycles. The number of hydrogen-bond donors (Lipinski definition) is 1. The quantitative estimate of drug-likeness (QED) is 0.797. The van der Waals surface area contributed by atoms with Crippen LogP contribution in [-0.2, 0) is 4.74 Å². The smallest absolute Gasteiger partial charge is 0.414 e. The molecule has 1 fully saturated rings. The van der Waals surface area contributed by atoms with Gasteiger partial charge < -0.3 is 19.5 Å². The van der Waals surface area contributed by atoms with Crippen LogP contribution in [0.3, 0.4) is 0 Å². The molecule has 0 bridgehead atoms. The molecule has 0 aromatic heterocycles. The van der Waals surface area contributed by atoms with Crippen molar-refractivity contribution in [3.8, 4) is 11.5 Å². The average Bonchev–Trinajstić information content (AvgIpc) is 3.31. The van der Waals surface area contributed by atoms with Crippen LogP contribution >= 0.6 is 11.8 Å². The third-order valence-electron chi connectivity index (χ3n) is 4.38. The van der Waals surface area contributed by atoms with Crippen molar-refractivity contribution < 1.29 is 23.8 Å². The lowest BCUT2D eigenvalue weighted by Crippen LogP contribution is -2.34. The Morgan fingerprint density at radius 3 is 2.89 bits per heavy atom. The first-order valence-electron chi connectivity index (χ1n) is 8.44. The topological polar surface area (TPSA) is 77.1 Å². The number of carbonyl (C=O) groups is 2. The summed E-state index contributed by atoms with van der Waals surface area (Å²) in [6.07, 6.45) is 1.06. The van der Waals surface area contributed by atoms with Crippen LogP contribution in [0.15, 0.2) is 47.4 Å². The van der Waals surface area contributed by atoms with E-state index in [0.29, 0.717) is 29.3 Å². The second-order valence-electron chi connectivity index (χ2n) is 6.06. The van der Waals surface area contributed by atoms with E-state index in [4.69, 9.17) is 14.2 Å². The summed E-state index contributed by atoms with van der Waals surface area (Å²) < 4.78 is 16.0. The molecule has 2 aliphatic heterocycles. The largest absolute Gasteiger partial charge is 0.454 e. The molecule has 27 heavy (non-hydrogen) atoms. The number of cyclic esters (lactones) is 1. The van der Waals surface area contributed by atoms with Gasteiger partial charge in [0, 0.05) is 11.0 Å². The van der Waals surface area contributed by atoms with Gasteiger partial charge in [0.2, 0.25) is 6.79 Å². The first-order chi connectivity index (χ1) is 13.2. The van der Waals surface area contributed by atoms with Crippen LogP contribution in [0, 0.1) is 0 Å². The van der Waals surface area contributed by atoms with E-state index in [2.05, 4.69) is 5.32 Å². The van der Waals surface area contributed by atoms with Crippen molar-refractivity contribution in [2.24, 2.45) is 0 Å². The highest BCUT2D eigenvalue weighted by molar-refractivity contribution is 7.98. The Bertz CT molecular complexity index is 888. The van der Waals surface area contributed by atoms with Crippen molar-refractivity contribution in [3.05, 3.63) is 48.0 Å². The van der Waals surface area contributed by atoms with Gasteiger partial charge in [-0.15, -0.1) is 11.8 Å². The fraction of sp³-hybridized carbons (Fsp3) is 0.263. The number of hydrogen-bond acceptors (Lipinski definition) is 6. The van der Waals surface area contributed by atoms with Crippen LogP contribution in [0.25, 0.3) is 0 Å². The molecule has 1 N–H and O–H groups in total. The zero-order chi connectivity index (χ0) is 18.8. The molecule has 1 saturated heterocycles. The summed E-state index contributed by atoms with van der Waals surface area (Å²) in [7, 11) is 0. The van der Waals surface area contributed by atoms with Crippen LogP contribution in [0.1, 0.15) is 10.4 Å². The zero-order valence-corrected chi connectivity index (χ0v) is 15.5. The molecule has 0 spiro atoms. The summed E-state index contributed by atoms with van der Waals surface area (Å²) >= 11 is 1.51. The first-order valence-corrected chi connectivity index (χ1v) is 9.67. The lowest BCUT2D eigenvalue weighted by atomic mass is 10.2. The molecular formula is C19H18N2O5S. The second-order valence-corrected chi connectivity index (χ2v) is 6.91. The molecule has 140 valence electrons. The summed E-state index contributed by atoms with van der Waals surface area (Å²) in [5, 5.41) is 2.85. The van der Waals surface area contributed by atoms with E-state index in [-0.39, 0.29) is 19.2 Å². The maximum Gasteiger partial charge on any atom is 0.414 e. The van der Waals surface area contributed by atoms with Crippen molar-refractivity contribution in [2.75, 3.05) is 31.0 Å².